The first-order chi connectivity index (χ1) is 12.0. The van der Waals surface area contributed by atoms with Gasteiger partial charge in [0.1, 0.15) is 5.69 Å². The lowest BCUT2D eigenvalue weighted by atomic mass is 10.2. The van der Waals surface area contributed by atoms with Crippen LogP contribution in [0.25, 0.3) is 0 Å². The Balaban J connectivity index is 2.05. The first-order valence-electron chi connectivity index (χ1n) is 8.69. The molecule has 1 aromatic carbocycles. The van der Waals surface area contributed by atoms with Gasteiger partial charge in [0, 0.05) is 18.7 Å². The third kappa shape index (κ3) is 5.26. The van der Waals surface area contributed by atoms with Gasteiger partial charge in [0.05, 0.1) is 6.54 Å². The number of aromatic nitrogens is 2. The normalized spacial score (nSPS) is 12.2. The fourth-order valence-corrected chi connectivity index (χ4v) is 2.75. The first kappa shape index (κ1) is 18.9. The molecule has 0 saturated heterocycles. The molecule has 134 valence electrons. The lowest BCUT2D eigenvalue weighted by Gasteiger charge is -2.26. The predicted molar refractivity (Wildman–Crippen MR) is 98.8 cm³/mol. The van der Waals surface area contributed by atoms with Crippen molar-refractivity contribution in [2.45, 2.75) is 33.4 Å². The molecule has 1 atom stereocenters. The summed E-state index contributed by atoms with van der Waals surface area (Å²) < 4.78 is 1.32. The van der Waals surface area contributed by atoms with Crippen LogP contribution in [0.1, 0.15) is 36.8 Å². The molecular formula is C19H26N4O2. The average Bonchev–Trinajstić information content (AvgIpc) is 2.63. The van der Waals surface area contributed by atoms with Gasteiger partial charge in [-0.2, -0.15) is 5.10 Å². The first-order valence-corrected chi connectivity index (χ1v) is 8.69. The van der Waals surface area contributed by atoms with Crippen LogP contribution in [0.2, 0.25) is 0 Å². The van der Waals surface area contributed by atoms with E-state index in [4.69, 9.17) is 0 Å². The van der Waals surface area contributed by atoms with Gasteiger partial charge in [0.2, 0.25) is 0 Å². The van der Waals surface area contributed by atoms with Gasteiger partial charge in [0.15, 0.2) is 0 Å². The van der Waals surface area contributed by atoms with Crippen LogP contribution in [-0.2, 0) is 6.54 Å². The van der Waals surface area contributed by atoms with Gasteiger partial charge in [-0.15, -0.1) is 0 Å². The highest BCUT2D eigenvalue weighted by Crippen LogP contribution is 2.01. The number of benzene rings is 1. The van der Waals surface area contributed by atoms with Crippen molar-refractivity contribution in [1.29, 1.82) is 0 Å². The number of nitrogens with zero attached hydrogens (tertiary/aromatic N) is 3. The molecule has 0 aliphatic heterocycles. The van der Waals surface area contributed by atoms with Crippen molar-refractivity contribution in [2.75, 3.05) is 19.6 Å². The van der Waals surface area contributed by atoms with Gasteiger partial charge in [-0.1, -0.05) is 44.2 Å². The van der Waals surface area contributed by atoms with Crippen LogP contribution in [0.3, 0.4) is 0 Å². The zero-order chi connectivity index (χ0) is 18.2. The summed E-state index contributed by atoms with van der Waals surface area (Å²) in [5, 5.41) is 7.11. The van der Waals surface area contributed by atoms with Crippen LogP contribution in [-0.4, -0.2) is 46.3 Å². The summed E-state index contributed by atoms with van der Waals surface area (Å²) in [4.78, 5) is 26.6. The molecule has 0 radical (unpaired) electrons. The average molecular weight is 342 g/mol. The minimum atomic E-state index is -0.263. The summed E-state index contributed by atoms with van der Waals surface area (Å²) >= 11 is 0. The SMILES string of the molecule is CCN(CC)C(C)CNC(=O)c1ccc(=O)n(Cc2ccccc2)n1. The van der Waals surface area contributed by atoms with Gasteiger partial charge >= 0.3 is 0 Å². The van der Waals surface area contributed by atoms with Crippen LogP contribution >= 0.6 is 0 Å². The Bertz CT molecular complexity index is 739. The van der Waals surface area contributed by atoms with Crippen molar-refractivity contribution >= 4 is 5.91 Å². The smallest absolute Gasteiger partial charge is 0.271 e. The molecule has 1 heterocycles. The second-order valence-corrected chi connectivity index (χ2v) is 5.98. The van der Waals surface area contributed by atoms with Crippen molar-refractivity contribution < 1.29 is 4.79 Å². The summed E-state index contributed by atoms with van der Waals surface area (Å²) in [6, 6.07) is 12.7. The van der Waals surface area contributed by atoms with Crippen LogP contribution in [0, 0.1) is 0 Å². The fourth-order valence-electron chi connectivity index (χ4n) is 2.75. The van der Waals surface area contributed by atoms with Gasteiger partial charge in [0.25, 0.3) is 11.5 Å². The second-order valence-electron chi connectivity index (χ2n) is 5.98. The Hall–Kier alpha value is -2.47. The largest absolute Gasteiger partial charge is 0.349 e. The highest BCUT2D eigenvalue weighted by atomic mass is 16.2. The Kier molecular flexibility index (Phi) is 6.89. The highest BCUT2D eigenvalue weighted by Gasteiger charge is 2.14. The number of carbonyl (C=O) groups excluding carboxylic acids is 1. The molecule has 25 heavy (non-hydrogen) atoms. The Morgan fingerprint density at radius 3 is 2.48 bits per heavy atom. The lowest BCUT2D eigenvalue weighted by Crippen LogP contribution is -2.42. The zero-order valence-electron chi connectivity index (χ0n) is 15.1. The maximum Gasteiger partial charge on any atom is 0.271 e. The quantitative estimate of drug-likeness (QED) is 0.794. The summed E-state index contributed by atoms with van der Waals surface area (Å²) in [5.41, 5.74) is 0.990. The number of amides is 1. The Morgan fingerprint density at radius 1 is 1.16 bits per heavy atom. The van der Waals surface area contributed by atoms with Gasteiger partial charge in [-0.25, -0.2) is 4.68 Å². The molecule has 2 rings (SSSR count). The summed E-state index contributed by atoms with van der Waals surface area (Å²) in [6.45, 7) is 9.04. The van der Waals surface area contributed by atoms with Crippen molar-refractivity contribution in [1.82, 2.24) is 20.0 Å². The van der Waals surface area contributed by atoms with Crippen molar-refractivity contribution in [3.63, 3.8) is 0 Å². The van der Waals surface area contributed by atoms with E-state index in [0.29, 0.717) is 13.1 Å². The van der Waals surface area contributed by atoms with Crippen LogP contribution in [0.4, 0.5) is 0 Å². The monoisotopic (exact) mass is 342 g/mol. The standard InChI is InChI=1S/C19H26N4O2/c1-4-22(5-2)15(3)13-20-19(25)17-11-12-18(24)23(21-17)14-16-9-7-6-8-10-16/h6-12,15H,4-5,13-14H2,1-3H3,(H,20,25). The van der Waals surface area contributed by atoms with E-state index in [1.807, 2.05) is 30.3 Å². The molecule has 1 unspecified atom stereocenters. The van der Waals surface area contributed by atoms with Crippen molar-refractivity contribution in [3.8, 4) is 0 Å². The third-order valence-electron chi connectivity index (χ3n) is 4.27. The van der Waals surface area contributed by atoms with E-state index in [1.54, 1.807) is 0 Å². The summed E-state index contributed by atoms with van der Waals surface area (Å²) in [7, 11) is 0. The topological polar surface area (TPSA) is 67.2 Å². The highest BCUT2D eigenvalue weighted by molar-refractivity contribution is 5.92. The number of carbonyl (C=O) groups is 1. The molecule has 0 bridgehead atoms. The molecule has 0 fully saturated rings. The molecule has 6 nitrogen and oxygen atoms in total. The molecular weight excluding hydrogens is 316 g/mol. The van der Waals surface area contributed by atoms with E-state index in [0.717, 1.165) is 18.7 Å². The van der Waals surface area contributed by atoms with Crippen LogP contribution in [0.5, 0.6) is 0 Å². The van der Waals surface area contributed by atoms with Gasteiger partial charge in [-0.05, 0) is 31.6 Å². The maximum absolute atomic E-state index is 12.4. The van der Waals surface area contributed by atoms with Crippen LogP contribution < -0.4 is 10.9 Å². The predicted octanol–water partition coefficient (Wildman–Crippen LogP) is 1.75. The minimum Gasteiger partial charge on any atom is -0.349 e. The molecule has 0 aliphatic carbocycles. The van der Waals surface area contributed by atoms with E-state index in [9.17, 15) is 9.59 Å². The Morgan fingerprint density at radius 2 is 1.84 bits per heavy atom. The zero-order valence-corrected chi connectivity index (χ0v) is 15.1. The van der Waals surface area contributed by atoms with E-state index >= 15 is 0 Å². The van der Waals surface area contributed by atoms with E-state index in [1.165, 1.54) is 16.8 Å². The van der Waals surface area contributed by atoms with Gasteiger partial charge in [-0.3, -0.25) is 14.5 Å². The van der Waals surface area contributed by atoms with Crippen molar-refractivity contribution in [2.24, 2.45) is 0 Å². The number of rotatable bonds is 8. The molecule has 2 aromatic rings. The van der Waals surface area contributed by atoms with E-state index in [-0.39, 0.29) is 23.2 Å². The lowest BCUT2D eigenvalue weighted by molar-refractivity contribution is 0.0930. The number of nitrogens with one attached hydrogen (secondary N) is 1. The molecule has 0 aliphatic rings. The molecule has 1 amide bonds. The van der Waals surface area contributed by atoms with E-state index in [2.05, 4.69) is 36.1 Å². The van der Waals surface area contributed by atoms with Crippen LogP contribution in [0.15, 0.2) is 47.3 Å². The molecule has 0 saturated carbocycles. The molecule has 6 heteroatoms. The molecule has 1 aromatic heterocycles. The number of hydrogen-bond donors (Lipinski definition) is 1. The number of hydrogen-bond acceptors (Lipinski definition) is 4. The van der Waals surface area contributed by atoms with Gasteiger partial charge < -0.3 is 5.32 Å². The number of likely N-dealkylation sites (N-methyl/N-ethyl adjacent to an activating group) is 1. The minimum absolute atomic E-state index is 0.225. The van der Waals surface area contributed by atoms with E-state index < -0.39 is 0 Å². The molecule has 0 spiro atoms. The van der Waals surface area contributed by atoms with Crippen molar-refractivity contribution in [3.05, 3.63) is 64.1 Å². The summed E-state index contributed by atoms with van der Waals surface area (Å²) in [5.74, 6) is -0.263. The maximum atomic E-state index is 12.4. The third-order valence-corrected chi connectivity index (χ3v) is 4.27. The molecule has 1 N–H and O–H groups in total. The fraction of sp³-hybridized carbons (Fsp3) is 0.421. The summed E-state index contributed by atoms with van der Waals surface area (Å²) in [6.07, 6.45) is 0. The Labute approximate surface area is 148 Å². The second kappa shape index (κ2) is 9.13.